The van der Waals surface area contributed by atoms with Crippen LogP contribution >= 0.6 is 0 Å². The lowest BCUT2D eigenvalue weighted by Crippen LogP contribution is -2.34. The lowest BCUT2D eigenvalue weighted by Gasteiger charge is -2.25. The molecular formula is C15H25N2O2+. The Bertz CT molecular complexity index is 460. The maximum atomic E-state index is 11.7. The van der Waals surface area contributed by atoms with Gasteiger partial charge < -0.3 is 9.64 Å². The molecular weight excluding hydrogens is 240 g/mol. The van der Waals surface area contributed by atoms with Gasteiger partial charge in [-0.25, -0.2) is 4.79 Å². The molecule has 4 nitrogen and oxygen atoms in total. The molecule has 0 radical (unpaired) electrons. The monoisotopic (exact) mass is 265 g/mol. The van der Waals surface area contributed by atoms with E-state index in [0.29, 0.717) is 11.7 Å². The summed E-state index contributed by atoms with van der Waals surface area (Å²) in [6.07, 6.45) is -0.347. The zero-order chi connectivity index (χ0) is 14.8. The second-order valence-corrected chi connectivity index (χ2v) is 6.15. The molecule has 106 valence electrons. The molecule has 1 amide bonds. The summed E-state index contributed by atoms with van der Waals surface area (Å²) in [5, 5.41) is 0. The van der Waals surface area contributed by atoms with E-state index in [2.05, 4.69) is 41.1 Å². The third kappa shape index (κ3) is 3.96. The van der Waals surface area contributed by atoms with Crippen molar-refractivity contribution in [1.82, 2.24) is 9.38 Å². The van der Waals surface area contributed by atoms with Crippen molar-refractivity contribution < 1.29 is 9.53 Å². The first-order valence-corrected chi connectivity index (χ1v) is 6.48. The SMILES string of the molecule is CC(C)c1cc([N+](C)(C)C)ccc1OC(=O)N(C)C. The lowest BCUT2D eigenvalue weighted by atomic mass is 10.0. The predicted octanol–water partition coefficient (Wildman–Crippen LogP) is 3.07. The van der Waals surface area contributed by atoms with E-state index >= 15 is 0 Å². The van der Waals surface area contributed by atoms with Crippen LogP contribution in [0.1, 0.15) is 25.3 Å². The maximum Gasteiger partial charge on any atom is 0.414 e. The van der Waals surface area contributed by atoms with Crippen molar-refractivity contribution in [2.24, 2.45) is 0 Å². The summed E-state index contributed by atoms with van der Waals surface area (Å²) < 4.78 is 6.15. The Morgan fingerprint density at radius 1 is 1.21 bits per heavy atom. The van der Waals surface area contributed by atoms with Crippen LogP contribution in [-0.4, -0.2) is 46.2 Å². The fourth-order valence-corrected chi connectivity index (χ4v) is 1.68. The van der Waals surface area contributed by atoms with Crippen LogP contribution in [0.3, 0.4) is 0 Å². The van der Waals surface area contributed by atoms with Gasteiger partial charge in [-0.05, 0) is 12.0 Å². The summed E-state index contributed by atoms with van der Waals surface area (Å²) in [5.74, 6) is 0.947. The fraction of sp³-hybridized carbons (Fsp3) is 0.533. The van der Waals surface area contributed by atoms with Gasteiger partial charge in [-0.2, -0.15) is 0 Å². The summed E-state index contributed by atoms with van der Waals surface area (Å²) in [5.41, 5.74) is 2.24. The molecule has 0 N–H and O–H groups in total. The quantitative estimate of drug-likeness (QED) is 0.786. The van der Waals surface area contributed by atoms with E-state index in [1.54, 1.807) is 14.1 Å². The molecule has 0 aliphatic carbocycles. The van der Waals surface area contributed by atoms with Gasteiger partial charge >= 0.3 is 6.09 Å². The number of nitrogens with zero attached hydrogens (tertiary/aromatic N) is 2. The molecule has 0 aromatic heterocycles. The summed E-state index contributed by atoms with van der Waals surface area (Å²) in [6.45, 7) is 4.20. The van der Waals surface area contributed by atoms with Crippen LogP contribution < -0.4 is 9.22 Å². The van der Waals surface area contributed by atoms with Gasteiger partial charge in [-0.3, -0.25) is 4.48 Å². The number of hydrogen-bond donors (Lipinski definition) is 0. The van der Waals surface area contributed by atoms with E-state index < -0.39 is 0 Å². The highest BCUT2D eigenvalue weighted by Crippen LogP contribution is 2.32. The molecule has 0 saturated heterocycles. The number of carbonyl (C=O) groups excluding carboxylic acids is 1. The van der Waals surface area contributed by atoms with Crippen LogP contribution in [0.25, 0.3) is 0 Å². The number of benzene rings is 1. The van der Waals surface area contributed by atoms with Gasteiger partial charge in [0.25, 0.3) is 0 Å². The average molecular weight is 265 g/mol. The van der Waals surface area contributed by atoms with Gasteiger partial charge in [0.2, 0.25) is 0 Å². The first kappa shape index (κ1) is 15.5. The van der Waals surface area contributed by atoms with Crippen LogP contribution in [0.2, 0.25) is 0 Å². The van der Waals surface area contributed by atoms with E-state index in [1.807, 2.05) is 12.1 Å². The summed E-state index contributed by atoms with van der Waals surface area (Å²) in [4.78, 5) is 13.1. The number of hydrogen-bond acceptors (Lipinski definition) is 2. The van der Waals surface area contributed by atoms with Crippen LogP contribution in [0.4, 0.5) is 10.5 Å². The van der Waals surface area contributed by atoms with E-state index in [1.165, 1.54) is 10.6 Å². The first-order valence-electron chi connectivity index (χ1n) is 6.48. The molecule has 0 aliphatic rings. The average Bonchev–Trinajstić information content (AvgIpc) is 2.27. The highest BCUT2D eigenvalue weighted by Gasteiger charge is 2.19. The Kier molecular flexibility index (Phi) is 4.58. The molecule has 0 atom stereocenters. The number of carbonyl (C=O) groups is 1. The van der Waals surface area contributed by atoms with Crippen LogP contribution in [0, 0.1) is 0 Å². The van der Waals surface area contributed by atoms with E-state index in [0.717, 1.165) is 10.0 Å². The van der Waals surface area contributed by atoms with Crippen molar-refractivity contribution in [2.45, 2.75) is 19.8 Å². The molecule has 0 spiro atoms. The molecule has 0 aliphatic heterocycles. The molecule has 1 rings (SSSR count). The minimum Gasteiger partial charge on any atom is -0.410 e. The maximum absolute atomic E-state index is 11.7. The molecule has 0 heterocycles. The van der Waals surface area contributed by atoms with Crippen molar-refractivity contribution in [3.05, 3.63) is 23.8 Å². The Morgan fingerprint density at radius 2 is 1.79 bits per heavy atom. The van der Waals surface area contributed by atoms with Gasteiger partial charge in [0, 0.05) is 31.8 Å². The number of rotatable bonds is 3. The van der Waals surface area contributed by atoms with Gasteiger partial charge in [0.05, 0.1) is 21.1 Å². The summed E-state index contributed by atoms with van der Waals surface area (Å²) in [6, 6.07) is 6.00. The number of amides is 1. The minimum absolute atomic E-state index is 0.302. The molecule has 19 heavy (non-hydrogen) atoms. The Morgan fingerprint density at radius 3 is 2.21 bits per heavy atom. The number of ether oxygens (including phenoxy) is 1. The van der Waals surface area contributed by atoms with Crippen molar-refractivity contribution in [2.75, 3.05) is 35.2 Å². The second-order valence-electron chi connectivity index (χ2n) is 6.15. The molecule has 1 aromatic carbocycles. The molecule has 0 unspecified atom stereocenters. The minimum atomic E-state index is -0.347. The second kappa shape index (κ2) is 5.61. The van der Waals surface area contributed by atoms with Crippen molar-refractivity contribution in [1.29, 1.82) is 0 Å². The predicted molar refractivity (Wildman–Crippen MR) is 79.8 cm³/mol. The normalized spacial score (nSPS) is 11.6. The Hall–Kier alpha value is -1.55. The third-order valence-electron chi connectivity index (χ3n) is 2.95. The van der Waals surface area contributed by atoms with Gasteiger partial charge in [-0.1, -0.05) is 13.8 Å². The molecule has 1 aromatic rings. The van der Waals surface area contributed by atoms with Crippen molar-refractivity contribution in [3.63, 3.8) is 0 Å². The standard InChI is InChI=1S/C15H25N2O2/c1-11(2)13-10-12(17(5,6)7)8-9-14(13)19-15(18)16(3)4/h8-11H,1-7H3/q+1. The lowest BCUT2D eigenvalue weighted by molar-refractivity contribution is 0.171. The molecule has 0 saturated carbocycles. The molecule has 0 bridgehead atoms. The largest absolute Gasteiger partial charge is 0.414 e. The van der Waals surface area contributed by atoms with E-state index in [4.69, 9.17) is 4.74 Å². The first-order chi connectivity index (χ1) is 8.62. The van der Waals surface area contributed by atoms with E-state index in [9.17, 15) is 4.79 Å². The molecule has 0 fully saturated rings. The topological polar surface area (TPSA) is 29.5 Å². The smallest absolute Gasteiger partial charge is 0.410 e. The van der Waals surface area contributed by atoms with Gasteiger partial charge in [0.1, 0.15) is 11.4 Å². The summed E-state index contributed by atoms with van der Waals surface area (Å²) in [7, 11) is 9.70. The number of quaternary nitrogens is 1. The third-order valence-corrected chi connectivity index (χ3v) is 2.95. The van der Waals surface area contributed by atoms with Crippen LogP contribution in [0.15, 0.2) is 18.2 Å². The zero-order valence-electron chi connectivity index (χ0n) is 13.0. The molecule has 4 heteroatoms. The highest BCUT2D eigenvalue weighted by molar-refractivity contribution is 5.71. The van der Waals surface area contributed by atoms with Gasteiger partial charge in [0.15, 0.2) is 0 Å². The highest BCUT2D eigenvalue weighted by atomic mass is 16.6. The van der Waals surface area contributed by atoms with Crippen molar-refractivity contribution >= 4 is 11.8 Å². The Balaban J connectivity index is 3.16. The van der Waals surface area contributed by atoms with Crippen LogP contribution in [-0.2, 0) is 0 Å². The van der Waals surface area contributed by atoms with Gasteiger partial charge in [-0.15, -0.1) is 0 Å². The van der Waals surface area contributed by atoms with E-state index in [-0.39, 0.29) is 6.09 Å². The van der Waals surface area contributed by atoms with Crippen LogP contribution in [0.5, 0.6) is 5.75 Å². The van der Waals surface area contributed by atoms with Crippen molar-refractivity contribution in [3.8, 4) is 5.75 Å². The summed E-state index contributed by atoms with van der Waals surface area (Å²) >= 11 is 0. The fourth-order valence-electron chi connectivity index (χ4n) is 1.68. The Labute approximate surface area is 116 Å². The zero-order valence-corrected chi connectivity index (χ0v) is 13.0.